The van der Waals surface area contributed by atoms with Crippen molar-refractivity contribution in [3.63, 3.8) is 0 Å². The summed E-state index contributed by atoms with van der Waals surface area (Å²) in [6.07, 6.45) is 4.28. The van der Waals surface area contributed by atoms with Gasteiger partial charge < -0.3 is 19.5 Å². The van der Waals surface area contributed by atoms with Gasteiger partial charge in [0.15, 0.2) is 0 Å². The maximum absolute atomic E-state index is 13.2. The molecule has 3 saturated heterocycles. The van der Waals surface area contributed by atoms with Crippen LogP contribution in [0.5, 0.6) is 0 Å². The van der Waals surface area contributed by atoms with Gasteiger partial charge in [0.25, 0.3) is 11.5 Å². The van der Waals surface area contributed by atoms with Crippen LogP contribution in [0.4, 0.5) is 0 Å². The van der Waals surface area contributed by atoms with E-state index in [0.29, 0.717) is 19.5 Å². The second-order valence-electron chi connectivity index (χ2n) is 9.12. The van der Waals surface area contributed by atoms with E-state index >= 15 is 0 Å². The molecule has 1 atom stereocenters. The first-order valence-corrected chi connectivity index (χ1v) is 11.2. The molecule has 0 bridgehead atoms. The molecular weight excluding hydrogens is 384 g/mol. The van der Waals surface area contributed by atoms with E-state index in [0.717, 1.165) is 82.9 Å². The first-order chi connectivity index (χ1) is 14.6. The van der Waals surface area contributed by atoms with Gasteiger partial charge in [-0.25, -0.2) is 0 Å². The molecule has 1 aliphatic carbocycles. The Morgan fingerprint density at radius 2 is 1.87 bits per heavy atom. The Morgan fingerprint density at radius 3 is 2.70 bits per heavy atom. The van der Waals surface area contributed by atoms with E-state index in [9.17, 15) is 14.4 Å². The number of pyridine rings is 1. The molecule has 1 aromatic rings. The topological polar surface area (TPSA) is 86.0 Å². The van der Waals surface area contributed by atoms with Crippen LogP contribution >= 0.6 is 0 Å². The van der Waals surface area contributed by atoms with Crippen LogP contribution in [0.25, 0.3) is 0 Å². The average molecular weight is 415 g/mol. The maximum Gasteiger partial charge on any atom is 0.261 e. The Kier molecular flexibility index (Phi) is 5.14. The van der Waals surface area contributed by atoms with Gasteiger partial charge in [-0.15, -0.1) is 0 Å². The standard InChI is InChI=1S/C22H30N4O4/c27-19-17(14-16-2-1-3-18(16)23-19)20(28)26-7-5-22(15-26)4-6-25(21(22)29)9-8-24-10-12-30-13-11-24/h14H,1-13,15H2,(H,23,27). The van der Waals surface area contributed by atoms with Crippen molar-refractivity contribution in [2.75, 3.05) is 59.0 Å². The molecular formula is C22H30N4O4. The first kappa shape index (κ1) is 19.8. The van der Waals surface area contributed by atoms with Crippen molar-refractivity contribution in [3.05, 3.63) is 33.2 Å². The largest absolute Gasteiger partial charge is 0.379 e. The van der Waals surface area contributed by atoms with Crippen LogP contribution < -0.4 is 5.56 Å². The number of amides is 2. The second-order valence-corrected chi connectivity index (χ2v) is 9.12. The molecule has 0 aromatic carbocycles. The summed E-state index contributed by atoms with van der Waals surface area (Å²) >= 11 is 0. The predicted molar refractivity (Wildman–Crippen MR) is 110 cm³/mol. The smallest absolute Gasteiger partial charge is 0.261 e. The zero-order valence-electron chi connectivity index (χ0n) is 17.5. The lowest BCUT2D eigenvalue weighted by Gasteiger charge is -2.29. The third kappa shape index (κ3) is 3.46. The number of carbonyl (C=O) groups is 2. The maximum atomic E-state index is 13.2. The van der Waals surface area contributed by atoms with Gasteiger partial charge in [-0.3, -0.25) is 19.3 Å². The summed E-state index contributed by atoms with van der Waals surface area (Å²) in [5, 5.41) is 0. The number of morpholine rings is 1. The fraction of sp³-hybridized carbons (Fsp3) is 0.682. The van der Waals surface area contributed by atoms with E-state index in [4.69, 9.17) is 4.74 Å². The summed E-state index contributed by atoms with van der Waals surface area (Å²) in [6.45, 7) is 6.69. The van der Waals surface area contributed by atoms with E-state index in [2.05, 4.69) is 9.88 Å². The zero-order chi connectivity index (χ0) is 20.7. The molecule has 1 unspecified atom stereocenters. The van der Waals surface area contributed by atoms with Gasteiger partial charge in [0.1, 0.15) is 5.56 Å². The number of H-pyrrole nitrogens is 1. The normalized spacial score (nSPS) is 26.7. The number of nitrogens with zero attached hydrogens (tertiary/aromatic N) is 3. The van der Waals surface area contributed by atoms with Crippen molar-refractivity contribution in [1.82, 2.24) is 19.7 Å². The van der Waals surface area contributed by atoms with Gasteiger partial charge in [0, 0.05) is 51.5 Å². The number of rotatable bonds is 4. The van der Waals surface area contributed by atoms with Crippen LogP contribution in [-0.2, 0) is 22.4 Å². The molecule has 2 amide bonds. The highest BCUT2D eigenvalue weighted by atomic mass is 16.5. The summed E-state index contributed by atoms with van der Waals surface area (Å²) in [4.78, 5) is 47.7. The molecule has 3 aliphatic heterocycles. The molecule has 0 saturated carbocycles. The molecule has 162 valence electrons. The van der Waals surface area contributed by atoms with E-state index < -0.39 is 5.41 Å². The van der Waals surface area contributed by atoms with Crippen molar-refractivity contribution in [1.29, 1.82) is 0 Å². The number of ether oxygens (including phenoxy) is 1. The van der Waals surface area contributed by atoms with E-state index in [-0.39, 0.29) is 22.9 Å². The minimum atomic E-state index is -0.468. The SMILES string of the molecule is O=C(c1cc2c([nH]c1=O)CCC2)N1CCC2(CCN(CCN3CCOCC3)C2=O)C1. The molecule has 1 spiro atoms. The molecule has 4 aliphatic rings. The average Bonchev–Trinajstić information content (AvgIpc) is 3.47. The monoisotopic (exact) mass is 414 g/mol. The van der Waals surface area contributed by atoms with Crippen molar-refractivity contribution in [2.24, 2.45) is 5.41 Å². The number of likely N-dealkylation sites (tertiary alicyclic amines) is 2. The minimum Gasteiger partial charge on any atom is -0.379 e. The van der Waals surface area contributed by atoms with Crippen LogP contribution in [0, 0.1) is 5.41 Å². The fourth-order valence-corrected chi connectivity index (χ4v) is 5.46. The highest BCUT2D eigenvalue weighted by Gasteiger charge is 2.51. The van der Waals surface area contributed by atoms with Gasteiger partial charge in [-0.1, -0.05) is 0 Å². The summed E-state index contributed by atoms with van der Waals surface area (Å²) in [6, 6.07) is 1.78. The van der Waals surface area contributed by atoms with Gasteiger partial charge in [0.2, 0.25) is 5.91 Å². The Morgan fingerprint density at radius 1 is 1.07 bits per heavy atom. The molecule has 30 heavy (non-hydrogen) atoms. The van der Waals surface area contributed by atoms with Crippen LogP contribution in [0.1, 0.15) is 40.9 Å². The van der Waals surface area contributed by atoms with Crippen molar-refractivity contribution >= 4 is 11.8 Å². The lowest BCUT2D eigenvalue weighted by molar-refractivity contribution is -0.135. The Balaban J connectivity index is 1.23. The lowest BCUT2D eigenvalue weighted by atomic mass is 9.85. The summed E-state index contributed by atoms with van der Waals surface area (Å²) in [7, 11) is 0. The van der Waals surface area contributed by atoms with Crippen LogP contribution in [0.15, 0.2) is 10.9 Å². The number of hydrogen-bond donors (Lipinski definition) is 1. The number of aromatic amines is 1. The van der Waals surface area contributed by atoms with E-state index in [1.165, 1.54) is 0 Å². The second kappa shape index (κ2) is 7.81. The lowest BCUT2D eigenvalue weighted by Crippen LogP contribution is -2.44. The third-order valence-electron chi connectivity index (χ3n) is 7.35. The number of aromatic nitrogens is 1. The summed E-state index contributed by atoms with van der Waals surface area (Å²) < 4.78 is 5.39. The fourth-order valence-electron chi connectivity index (χ4n) is 5.46. The minimum absolute atomic E-state index is 0.175. The highest BCUT2D eigenvalue weighted by Crippen LogP contribution is 2.41. The number of fused-ring (bicyclic) bond motifs is 1. The van der Waals surface area contributed by atoms with Crippen molar-refractivity contribution in [3.8, 4) is 0 Å². The van der Waals surface area contributed by atoms with E-state index in [1.54, 1.807) is 11.0 Å². The molecule has 0 radical (unpaired) electrons. The van der Waals surface area contributed by atoms with Crippen molar-refractivity contribution < 1.29 is 14.3 Å². The number of aryl methyl sites for hydroxylation is 2. The van der Waals surface area contributed by atoms with Crippen molar-refractivity contribution in [2.45, 2.75) is 32.1 Å². The molecule has 3 fully saturated rings. The van der Waals surface area contributed by atoms with Crippen LogP contribution in [-0.4, -0.2) is 90.5 Å². The van der Waals surface area contributed by atoms with Gasteiger partial charge >= 0.3 is 0 Å². The number of nitrogens with one attached hydrogen (secondary N) is 1. The Labute approximate surface area is 176 Å². The van der Waals surface area contributed by atoms with E-state index in [1.807, 2.05) is 4.90 Å². The number of hydrogen-bond acceptors (Lipinski definition) is 5. The number of carbonyl (C=O) groups excluding carboxylic acids is 2. The summed E-state index contributed by atoms with van der Waals surface area (Å²) in [5.41, 5.74) is 1.51. The summed E-state index contributed by atoms with van der Waals surface area (Å²) in [5.74, 6) is -0.0590. The Bertz CT molecular complexity index is 907. The first-order valence-electron chi connectivity index (χ1n) is 11.2. The van der Waals surface area contributed by atoms with Gasteiger partial charge in [-0.2, -0.15) is 0 Å². The zero-order valence-corrected chi connectivity index (χ0v) is 17.5. The van der Waals surface area contributed by atoms with Crippen LogP contribution in [0.3, 0.4) is 0 Å². The molecule has 4 heterocycles. The molecule has 8 nitrogen and oxygen atoms in total. The molecule has 1 N–H and O–H groups in total. The quantitative estimate of drug-likeness (QED) is 0.764. The highest BCUT2D eigenvalue weighted by molar-refractivity contribution is 5.95. The predicted octanol–water partition coefficient (Wildman–Crippen LogP) is 0.260. The van der Waals surface area contributed by atoms with Gasteiger partial charge in [0.05, 0.1) is 18.6 Å². The van der Waals surface area contributed by atoms with Gasteiger partial charge in [-0.05, 0) is 43.7 Å². The molecule has 5 rings (SSSR count). The van der Waals surface area contributed by atoms with Crippen LogP contribution in [0.2, 0.25) is 0 Å². The molecule has 1 aromatic heterocycles. The Hall–Kier alpha value is -2.19. The third-order valence-corrected chi connectivity index (χ3v) is 7.35. The molecule has 8 heteroatoms.